The van der Waals surface area contributed by atoms with Crippen LogP contribution in [0.4, 0.5) is 0 Å². The zero-order valence-corrected chi connectivity index (χ0v) is 8.40. The van der Waals surface area contributed by atoms with Crippen LogP contribution in [0.1, 0.15) is 27.2 Å². The standard InChI is InChI=1S/C8H16NOP/c1-4-11(10,5-2)8(3)6-7-9/h8H,4-6H2,1-3H3. The Labute approximate surface area is 69.0 Å². The maximum atomic E-state index is 11.9. The van der Waals surface area contributed by atoms with E-state index in [4.69, 9.17) is 5.26 Å². The van der Waals surface area contributed by atoms with Gasteiger partial charge < -0.3 is 4.57 Å². The SMILES string of the molecule is CCP(=O)(CC)C(C)CC#N. The molecule has 0 rings (SSSR count). The molecule has 0 saturated carbocycles. The van der Waals surface area contributed by atoms with Gasteiger partial charge in [-0.05, 0) is 12.3 Å². The number of rotatable bonds is 4. The highest BCUT2D eigenvalue weighted by Crippen LogP contribution is 2.50. The fourth-order valence-electron chi connectivity index (χ4n) is 1.15. The van der Waals surface area contributed by atoms with Gasteiger partial charge in [0.25, 0.3) is 0 Å². The van der Waals surface area contributed by atoms with Gasteiger partial charge in [0.1, 0.15) is 0 Å². The monoisotopic (exact) mass is 173 g/mol. The van der Waals surface area contributed by atoms with Crippen LogP contribution in [0, 0.1) is 11.3 Å². The summed E-state index contributed by atoms with van der Waals surface area (Å²) in [5, 5.41) is 8.42. The van der Waals surface area contributed by atoms with Gasteiger partial charge in [-0.1, -0.05) is 20.8 Å². The summed E-state index contributed by atoms with van der Waals surface area (Å²) in [6, 6.07) is 2.07. The molecule has 0 heterocycles. The first-order valence-corrected chi connectivity index (χ1v) is 6.20. The van der Waals surface area contributed by atoms with E-state index in [2.05, 4.69) is 6.07 Å². The highest BCUT2D eigenvalue weighted by Gasteiger charge is 2.24. The minimum atomic E-state index is -2.01. The number of nitrogens with zero attached hydrogens (tertiary/aromatic N) is 1. The summed E-state index contributed by atoms with van der Waals surface area (Å²) < 4.78 is 11.9. The van der Waals surface area contributed by atoms with Crippen molar-refractivity contribution in [3.8, 4) is 6.07 Å². The summed E-state index contributed by atoms with van der Waals surface area (Å²) >= 11 is 0. The second kappa shape index (κ2) is 4.57. The first-order valence-electron chi connectivity index (χ1n) is 4.05. The molecule has 0 spiro atoms. The average Bonchev–Trinajstić information content (AvgIpc) is 2.03. The molecule has 0 N–H and O–H groups in total. The highest BCUT2D eigenvalue weighted by atomic mass is 31.2. The van der Waals surface area contributed by atoms with Crippen molar-refractivity contribution >= 4 is 7.14 Å². The fraction of sp³-hybridized carbons (Fsp3) is 0.875. The first kappa shape index (κ1) is 10.7. The van der Waals surface area contributed by atoms with Crippen LogP contribution in [0.15, 0.2) is 0 Å². The molecule has 0 aromatic carbocycles. The maximum absolute atomic E-state index is 11.9. The zero-order chi connectivity index (χ0) is 8.91. The van der Waals surface area contributed by atoms with Crippen LogP contribution >= 0.6 is 7.14 Å². The van der Waals surface area contributed by atoms with Crippen molar-refractivity contribution in [3.05, 3.63) is 0 Å². The van der Waals surface area contributed by atoms with Gasteiger partial charge in [-0.2, -0.15) is 5.26 Å². The van der Waals surface area contributed by atoms with Crippen molar-refractivity contribution in [1.82, 2.24) is 0 Å². The molecule has 0 aliphatic rings. The Morgan fingerprint density at radius 1 is 1.45 bits per heavy atom. The third-order valence-corrected chi connectivity index (χ3v) is 6.19. The Morgan fingerprint density at radius 2 is 1.91 bits per heavy atom. The van der Waals surface area contributed by atoms with Crippen LogP contribution in [0.2, 0.25) is 0 Å². The lowest BCUT2D eigenvalue weighted by Gasteiger charge is -2.19. The maximum Gasteiger partial charge on any atom is 0.0908 e. The van der Waals surface area contributed by atoms with E-state index in [-0.39, 0.29) is 5.66 Å². The van der Waals surface area contributed by atoms with Crippen LogP contribution < -0.4 is 0 Å². The van der Waals surface area contributed by atoms with Crippen LogP contribution in [-0.4, -0.2) is 18.0 Å². The molecule has 0 aliphatic carbocycles. The van der Waals surface area contributed by atoms with E-state index in [9.17, 15) is 4.57 Å². The Hall–Kier alpha value is -0.280. The lowest BCUT2D eigenvalue weighted by Crippen LogP contribution is -2.06. The van der Waals surface area contributed by atoms with Gasteiger partial charge in [-0.3, -0.25) is 0 Å². The van der Waals surface area contributed by atoms with Crippen LogP contribution in [-0.2, 0) is 4.57 Å². The van der Waals surface area contributed by atoms with Crippen molar-refractivity contribution < 1.29 is 4.57 Å². The lowest BCUT2D eigenvalue weighted by molar-refractivity contribution is 0.567. The average molecular weight is 173 g/mol. The molecule has 1 atom stereocenters. The van der Waals surface area contributed by atoms with Gasteiger partial charge in [0.2, 0.25) is 0 Å². The van der Waals surface area contributed by atoms with Crippen molar-refractivity contribution in [3.63, 3.8) is 0 Å². The van der Waals surface area contributed by atoms with Gasteiger partial charge in [0.05, 0.1) is 13.2 Å². The van der Waals surface area contributed by atoms with Crippen molar-refractivity contribution in [2.24, 2.45) is 0 Å². The summed E-state index contributed by atoms with van der Waals surface area (Å²) in [6.07, 6.45) is 1.89. The quantitative estimate of drug-likeness (QED) is 0.613. The van der Waals surface area contributed by atoms with E-state index in [0.29, 0.717) is 6.42 Å². The van der Waals surface area contributed by atoms with Gasteiger partial charge in [-0.25, -0.2) is 0 Å². The molecule has 1 unspecified atom stereocenters. The predicted molar refractivity (Wildman–Crippen MR) is 48.4 cm³/mol. The Balaban J connectivity index is 4.27. The van der Waals surface area contributed by atoms with Crippen LogP contribution in [0.25, 0.3) is 0 Å². The van der Waals surface area contributed by atoms with E-state index in [0.717, 1.165) is 12.3 Å². The molecule has 0 radical (unpaired) electrons. The summed E-state index contributed by atoms with van der Waals surface area (Å²) in [5.74, 6) is 0. The van der Waals surface area contributed by atoms with Gasteiger partial charge in [0.15, 0.2) is 0 Å². The topological polar surface area (TPSA) is 40.9 Å². The van der Waals surface area contributed by atoms with E-state index in [1.807, 2.05) is 20.8 Å². The third-order valence-electron chi connectivity index (χ3n) is 2.26. The number of nitriles is 1. The molecule has 0 bridgehead atoms. The molecular weight excluding hydrogens is 157 g/mol. The summed E-state index contributed by atoms with van der Waals surface area (Å²) in [4.78, 5) is 0. The summed E-state index contributed by atoms with van der Waals surface area (Å²) in [5.41, 5.74) is 0.0856. The van der Waals surface area contributed by atoms with Crippen molar-refractivity contribution in [2.45, 2.75) is 32.9 Å². The number of hydrogen-bond donors (Lipinski definition) is 0. The van der Waals surface area contributed by atoms with Gasteiger partial charge >= 0.3 is 0 Å². The summed E-state index contributed by atoms with van der Waals surface area (Å²) in [6.45, 7) is 5.80. The second-order valence-electron chi connectivity index (χ2n) is 2.80. The molecule has 3 heteroatoms. The second-order valence-corrected chi connectivity index (χ2v) is 6.85. The molecular formula is C8H16NOP. The third kappa shape index (κ3) is 2.67. The minimum Gasteiger partial charge on any atom is -0.323 e. The smallest absolute Gasteiger partial charge is 0.0908 e. The van der Waals surface area contributed by atoms with Crippen LogP contribution in [0.3, 0.4) is 0 Å². The van der Waals surface area contributed by atoms with E-state index < -0.39 is 7.14 Å². The van der Waals surface area contributed by atoms with E-state index in [1.165, 1.54) is 0 Å². The number of hydrogen-bond acceptors (Lipinski definition) is 2. The molecule has 64 valence electrons. The van der Waals surface area contributed by atoms with Crippen molar-refractivity contribution in [1.29, 1.82) is 5.26 Å². The molecule has 0 aromatic rings. The normalized spacial score (nSPS) is 14.0. The minimum absolute atomic E-state index is 0.0856. The highest BCUT2D eigenvalue weighted by molar-refractivity contribution is 7.64. The fourth-order valence-corrected chi connectivity index (χ4v) is 3.25. The Morgan fingerprint density at radius 3 is 2.18 bits per heavy atom. The van der Waals surface area contributed by atoms with Gasteiger partial charge in [0, 0.05) is 12.1 Å². The molecule has 2 nitrogen and oxygen atoms in total. The van der Waals surface area contributed by atoms with E-state index in [1.54, 1.807) is 0 Å². The van der Waals surface area contributed by atoms with Crippen molar-refractivity contribution in [2.75, 3.05) is 12.3 Å². The molecule has 0 saturated heterocycles. The van der Waals surface area contributed by atoms with E-state index >= 15 is 0 Å². The molecule has 0 aliphatic heterocycles. The molecule has 0 fully saturated rings. The predicted octanol–water partition coefficient (Wildman–Crippen LogP) is 2.69. The molecule has 11 heavy (non-hydrogen) atoms. The largest absolute Gasteiger partial charge is 0.323 e. The first-order chi connectivity index (χ1) is 5.10. The molecule has 0 amide bonds. The summed E-state index contributed by atoms with van der Waals surface area (Å²) in [7, 11) is -2.01. The zero-order valence-electron chi connectivity index (χ0n) is 7.50. The van der Waals surface area contributed by atoms with Crippen LogP contribution in [0.5, 0.6) is 0 Å². The lowest BCUT2D eigenvalue weighted by atomic mass is 10.4. The Kier molecular flexibility index (Phi) is 4.45. The van der Waals surface area contributed by atoms with Gasteiger partial charge in [-0.15, -0.1) is 0 Å². The Bertz CT molecular complexity index is 187. The molecule has 0 aromatic heterocycles.